The quantitative estimate of drug-likeness (QED) is 0.468. The van der Waals surface area contributed by atoms with Crippen LogP contribution in [0.5, 0.6) is 5.75 Å². The second-order valence-electron chi connectivity index (χ2n) is 7.11. The van der Waals surface area contributed by atoms with Crippen LogP contribution in [0.15, 0.2) is 36.4 Å². The van der Waals surface area contributed by atoms with Crippen molar-refractivity contribution in [3.8, 4) is 5.75 Å². The number of fused-ring (bicyclic) bond motifs is 1. The second-order valence-corrected chi connectivity index (χ2v) is 8.09. The molecule has 0 fully saturated rings. The number of nitrogens with zero attached hydrogens (tertiary/aromatic N) is 3. The molecule has 7 heteroatoms. The van der Waals surface area contributed by atoms with Crippen LogP contribution in [0.2, 0.25) is 0 Å². The molecule has 0 unspecified atom stereocenters. The Kier molecular flexibility index (Phi) is 8.65. The number of hydrogen-bond acceptors (Lipinski definition) is 5. The monoisotopic (exact) mass is 447 g/mol. The molecule has 0 saturated heterocycles. The summed E-state index contributed by atoms with van der Waals surface area (Å²) in [6.07, 6.45) is 0. The van der Waals surface area contributed by atoms with Crippen molar-refractivity contribution >= 4 is 45.0 Å². The third kappa shape index (κ3) is 5.12. The number of aromatic nitrogens is 1. The summed E-state index contributed by atoms with van der Waals surface area (Å²) >= 11 is 1.55. The van der Waals surface area contributed by atoms with Crippen molar-refractivity contribution in [2.75, 3.05) is 38.2 Å². The Morgan fingerprint density at radius 1 is 1.03 bits per heavy atom. The van der Waals surface area contributed by atoms with Crippen LogP contribution >= 0.6 is 23.7 Å². The summed E-state index contributed by atoms with van der Waals surface area (Å²) in [5, 5.41) is 0.713. The van der Waals surface area contributed by atoms with Gasteiger partial charge in [0.05, 0.1) is 11.8 Å². The van der Waals surface area contributed by atoms with Crippen LogP contribution in [0.1, 0.15) is 35.3 Å². The van der Waals surface area contributed by atoms with Crippen molar-refractivity contribution in [2.24, 2.45) is 0 Å². The highest BCUT2D eigenvalue weighted by Gasteiger charge is 2.23. The van der Waals surface area contributed by atoms with Crippen LogP contribution in [0.25, 0.3) is 10.2 Å². The van der Waals surface area contributed by atoms with Gasteiger partial charge in [0.25, 0.3) is 5.91 Å². The van der Waals surface area contributed by atoms with E-state index in [1.54, 1.807) is 18.4 Å². The summed E-state index contributed by atoms with van der Waals surface area (Å²) in [5.74, 6) is 0.715. The first-order valence-electron chi connectivity index (χ1n) is 10.0. The van der Waals surface area contributed by atoms with Gasteiger partial charge in [-0.25, -0.2) is 4.98 Å². The second kappa shape index (κ2) is 10.8. The van der Waals surface area contributed by atoms with Gasteiger partial charge in [-0.3, -0.25) is 9.69 Å². The van der Waals surface area contributed by atoms with Gasteiger partial charge < -0.3 is 9.64 Å². The lowest BCUT2D eigenvalue weighted by Gasteiger charge is -2.24. The number of amides is 1. The average molecular weight is 448 g/mol. The summed E-state index contributed by atoms with van der Waals surface area (Å²) in [5.41, 5.74) is 3.77. The summed E-state index contributed by atoms with van der Waals surface area (Å²) in [6.45, 7) is 11.7. The van der Waals surface area contributed by atoms with Gasteiger partial charge in [-0.15, -0.1) is 12.4 Å². The van der Waals surface area contributed by atoms with E-state index >= 15 is 0 Å². The predicted octanol–water partition coefficient (Wildman–Crippen LogP) is 5.33. The topological polar surface area (TPSA) is 45.7 Å². The number of rotatable bonds is 8. The van der Waals surface area contributed by atoms with Gasteiger partial charge >= 0.3 is 0 Å². The van der Waals surface area contributed by atoms with Crippen LogP contribution in [0.3, 0.4) is 0 Å². The minimum Gasteiger partial charge on any atom is -0.494 e. The number of anilines is 1. The molecule has 1 aromatic heterocycles. The van der Waals surface area contributed by atoms with E-state index in [0.29, 0.717) is 17.2 Å². The molecule has 30 heavy (non-hydrogen) atoms. The first kappa shape index (κ1) is 24.1. The number of aryl methyl sites for hydroxylation is 2. The molecule has 0 aliphatic rings. The van der Waals surface area contributed by atoms with Gasteiger partial charge in [-0.05, 0) is 50.7 Å². The average Bonchev–Trinajstić information content (AvgIpc) is 3.18. The van der Waals surface area contributed by atoms with Gasteiger partial charge in [0, 0.05) is 18.7 Å². The van der Waals surface area contributed by atoms with Gasteiger partial charge in [0.2, 0.25) is 0 Å². The molecule has 0 atom stereocenters. The fourth-order valence-electron chi connectivity index (χ4n) is 3.30. The smallest absolute Gasteiger partial charge is 0.260 e. The Morgan fingerprint density at radius 2 is 1.70 bits per heavy atom. The zero-order chi connectivity index (χ0) is 21.0. The van der Waals surface area contributed by atoms with Crippen LogP contribution in [0, 0.1) is 13.8 Å². The molecule has 0 aliphatic carbocycles. The maximum absolute atomic E-state index is 13.4. The third-order valence-corrected chi connectivity index (χ3v) is 6.43. The number of methoxy groups -OCH3 is 1. The number of carbonyl (C=O) groups is 1. The van der Waals surface area contributed by atoms with Crippen molar-refractivity contribution in [1.82, 2.24) is 9.88 Å². The lowest BCUT2D eigenvalue weighted by atomic mass is 10.1. The van der Waals surface area contributed by atoms with E-state index in [1.807, 2.05) is 48.2 Å². The first-order valence-corrected chi connectivity index (χ1v) is 10.8. The Hall–Kier alpha value is -2.15. The van der Waals surface area contributed by atoms with Crippen molar-refractivity contribution in [3.63, 3.8) is 0 Å². The summed E-state index contributed by atoms with van der Waals surface area (Å²) in [7, 11) is 1.65. The number of thiazole rings is 1. The number of hydrogen-bond donors (Lipinski definition) is 0. The first-order chi connectivity index (χ1) is 14.0. The fraction of sp³-hybridized carbons (Fsp3) is 0.391. The fourth-order valence-corrected chi connectivity index (χ4v) is 4.37. The predicted molar refractivity (Wildman–Crippen MR) is 129 cm³/mol. The van der Waals surface area contributed by atoms with E-state index in [4.69, 9.17) is 9.72 Å². The minimum absolute atomic E-state index is 0. The minimum atomic E-state index is -0.0205. The Morgan fingerprint density at radius 3 is 2.30 bits per heavy atom. The van der Waals surface area contributed by atoms with E-state index in [1.165, 1.54) is 0 Å². The van der Waals surface area contributed by atoms with E-state index in [-0.39, 0.29) is 18.3 Å². The number of carbonyl (C=O) groups excluding carboxylic acids is 1. The third-order valence-electron chi connectivity index (χ3n) is 5.22. The number of ether oxygens (including phenoxy) is 1. The van der Waals surface area contributed by atoms with Gasteiger partial charge in [-0.2, -0.15) is 0 Å². The van der Waals surface area contributed by atoms with Crippen molar-refractivity contribution in [1.29, 1.82) is 0 Å². The number of halogens is 1. The molecular weight excluding hydrogens is 418 g/mol. The molecule has 0 aliphatic heterocycles. The SMILES string of the molecule is CCN(CC)CCN(C(=O)c1ccc(C)cc1)c1nc2c(OC)ccc(C)c2s1.Cl. The zero-order valence-corrected chi connectivity index (χ0v) is 19.9. The maximum Gasteiger partial charge on any atom is 0.260 e. The largest absolute Gasteiger partial charge is 0.494 e. The summed E-state index contributed by atoms with van der Waals surface area (Å²) in [6, 6.07) is 11.7. The standard InChI is InChI=1S/C23H29N3O2S.ClH/c1-6-25(7-2)14-15-26(22(27)18-11-8-16(3)9-12-18)23-24-20-19(28-5)13-10-17(4)21(20)29-23;/h8-13H,6-7,14-15H2,1-5H3;1H. The molecule has 0 saturated carbocycles. The van der Waals surface area contributed by atoms with E-state index in [2.05, 4.69) is 25.7 Å². The van der Waals surface area contributed by atoms with Crippen LogP contribution in [-0.4, -0.2) is 49.1 Å². The highest BCUT2D eigenvalue weighted by atomic mass is 35.5. The summed E-state index contributed by atoms with van der Waals surface area (Å²) in [4.78, 5) is 22.3. The molecule has 0 spiro atoms. The number of benzene rings is 2. The molecule has 3 aromatic rings. The van der Waals surface area contributed by atoms with Gasteiger partial charge in [-0.1, -0.05) is 48.9 Å². The lowest BCUT2D eigenvalue weighted by Crippen LogP contribution is -2.38. The molecule has 1 heterocycles. The molecule has 162 valence electrons. The lowest BCUT2D eigenvalue weighted by molar-refractivity contribution is 0.0984. The van der Waals surface area contributed by atoms with Crippen molar-refractivity contribution in [3.05, 3.63) is 53.1 Å². The van der Waals surface area contributed by atoms with Crippen LogP contribution in [-0.2, 0) is 0 Å². The molecule has 0 bridgehead atoms. The molecule has 2 aromatic carbocycles. The highest BCUT2D eigenvalue weighted by Crippen LogP contribution is 2.36. The van der Waals surface area contributed by atoms with Crippen LogP contribution < -0.4 is 9.64 Å². The molecule has 0 N–H and O–H groups in total. The highest BCUT2D eigenvalue weighted by molar-refractivity contribution is 7.22. The molecular formula is C23H30ClN3O2S. The Bertz CT molecular complexity index is 984. The van der Waals surface area contributed by atoms with Crippen molar-refractivity contribution in [2.45, 2.75) is 27.7 Å². The zero-order valence-electron chi connectivity index (χ0n) is 18.3. The van der Waals surface area contributed by atoms with Crippen LogP contribution in [0.4, 0.5) is 5.13 Å². The van der Waals surface area contributed by atoms with Gasteiger partial charge in [0.15, 0.2) is 5.13 Å². The van der Waals surface area contributed by atoms with Crippen molar-refractivity contribution < 1.29 is 9.53 Å². The Labute approximate surface area is 189 Å². The van der Waals surface area contributed by atoms with Gasteiger partial charge in [0.1, 0.15) is 11.3 Å². The normalized spacial score (nSPS) is 10.9. The van der Waals surface area contributed by atoms with E-state index in [0.717, 1.165) is 46.7 Å². The molecule has 0 radical (unpaired) electrons. The van der Waals surface area contributed by atoms with E-state index < -0.39 is 0 Å². The number of likely N-dealkylation sites (N-methyl/N-ethyl adjacent to an activating group) is 1. The van der Waals surface area contributed by atoms with E-state index in [9.17, 15) is 4.79 Å². The molecule has 3 rings (SSSR count). The molecule has 1 amide bonds. The maximum atomic E-state index is 13.4. The Balaban J connectivity index is 0.00000320. The molecule has 5 nitrogen and oxygen atoms in total. The summed E-state index contributed by atoms with van der Waals surface area (Å²) < 4.78 is 6.56.